The van der Waals surface area contributed by atoms with Gasteiger partial charge in [-0.3, -0.25) is 4.90 Å². The zero-order valence-corrected chi connectivity index (χ0v) is 12.5. The summed E-state index contributed by atoms with van der Waals surface area (Å²) in [4.78, 5) is 5.24. The lowest BCUT2D eigenvalue weighted by Gasteiger charge is -2.33. The van der Waals surface area contributed by atoms with Crippen LogP contribution in [0.15, 0.2) is 0 Å². The first-order valence-electron chi connectivity index (χ1n) is 7.92. The van der Waals surface area contributed by atoms with Crippen LogP contribution in [0.5, 0.6) is 0 Å². The molecule has 0 aromatic heterocycles. The van der Waals surface area contributed by atoms with Crippen LogP contribution in [0.2, 0.25) is 0 Å². The molecule has 1 N–H and O–H groups in total. The summed E-state index contributed by atoms with van der Waals surface area (Å²) in [6, 6.07) is 2.35. The van der Waals surface area contributed by atoms with Crippen LogP contribution < -0.4 is 5.32 Å². The molecule has 0 radical (unpaired) electrons. The Hall–Kier alpha value is -0.120. The number of hydrogen-bond acceptors (Lipinski definition) is 3. The van der Waals surface area contributed by atoms with Crippen LogP contribution in [-0.2, 0) is 0 Å². The summed E-state index contributed by atoms with van der Waals surface area (Å²) in [5, 5.41) is 3.68. The lowest BCUT2D eigenvalue weighted by molar-refractivity contribution is 0.158. The molecule has 3 heteroatoms. The van der Waals surface area contributed by atoms with E-state index in [4.69, 9.17) is 0 Å². The normalized spacial score (nSPS) is 27.0. The zero-order chi connectivity index (χ0) is 13.0. The molecule has 2 atom stereocenters. The molecule has 0 aromatic carbocycles. The lowest BCUT2D eigenvalue weighted by Crippen LogP contribution is -2.46. The second kappa shape index (κ2) is 6.88. The van der Waals surface area contributed by atoms with Gasteiger partial charge in [0.25, 0.3) is 0 Å². The molecule has 0 amide bonds. The molecule has 2 unspecified atom stereocenters. The summed E-state index contributed by atoms with van der Waals surface area (Å²) in [5.74, 6) is 0. The number of hydrogen-bond donors (Lipinski definition) is 1. The van der Waals surface area contributed by atoms with Crippen molar-refractivity contribution < 1.29 is 0 Å². The Kier molecular flexibility index (Phi) is 5.46. The van der Waals surface area contributed by atoms with Gasteiger partial charge in [-0.05, 0) is 52.2 Å². The Morgan fingerprint density at radius 3 is 2.67 bits per heavy atom. The number of nitrogens with zero attached hydrogens (tertiary/aromatic N) is 2. The summed E-state index contributed by atoms with van der Waals surface area (Å²) in [5.41, 5.74) is 0. The topological polar surface area (TPSA) is 18.5 Å². The van der Waals surface area contributed by atoms with Crippen molar-refractivity contribution >= 4 is 0 Å². The highest BCUT2D eigenvalue weighted by Gasteiger charge is 2.27. The third kappa shape index (κ3) is 3.94. The predicted octanol–water partition coefficient (Wildman–Crippen LogP) is 1.93. The van der Waals surface area contributed by atoms with Gasteiger partial charge in [0.2, 0.25) is 0 Å². The minimum absolute atomic E-state index is 0.713. The first-order valence-corrected chi connectivity index (χ1v) is 7.92. The van der Waals surface area contributed by atoms with Crippen molar-refractivity contribution in [2.75, 3.05) is 33.2 Å². The summed E-state index contributed by atoms with van der Waals surface area (Å²) in [6.45, 7) is 9.57. The third-order valence-electron chi connectivity index (χ3n) is 4.72. The molecular formula is C15H31N3. The van der Waals surface area contributed by atoms with Crippen molar-refractivity contribution in [1.29, 1.82) is 0 Å². The molecule has 1 heterocycles. The van der Waals surface area contributed by atoms with Gasteiger partial charge in [-0.1, -0.05) is 13.8 Å². The fourth-order valence-corrected chi connectivity index (χ4v) is 3.20. The van der Waals surface area contributed by atoms with Crippen LogP contribution in [0.4, 0.5) is 0 Å². The van der Waals surface area contributed by atoms with Gasteiger partial charge < -0.3 is 10.2 Å². The second-order valence-electron chi connectivity index (χ2n) is 6.11. The highest BCUT2D eigenvalue weighted by atomic mass is 15.2. The van der Waals surface area contributed by atoms with Gasteiger partial charge >= 0.3 is 0 Å². The molecule has 3 nitrogen and oxygen atoms in total. The van der Waals surface area contributed by atoms with Crippen LogP contribution in [0.3, 0.4) is 0 Å². The maximum atomic E-state index is 3.68. The van der Waals surface area contributed by atoms with E-state index in [-0.39, 0.29) is 0 Å². The molecule has 1 aliphatic heterocycles. The molecule has 106 valence electrons. The Morgan fingerprint density at radius 1 is 1.28 bits per heavy atom. The van der Waals surface area contributed by atoms with Crippen molar-refractivity contribution in [3.8, 4) is 0 Å². The van der Waals surface area contributed by atoms with Crippen LogP contribution >= 0.6 is 0 Å². The van der Waals surface area contributed by atoms with Gasteiger partial charge in [0.1, 0.15) is 0 Å². The predicted molar refractivity (Wildman–Crippen MR) is 78.0 cm³/mol. The van der Waals surface area contributed by atoms with E-state index in [1.807, 2.05) is 0 Å². The maximum Gasteiger partial charge on any atom is 0.0223 e. The van der Waals surface area contributed by atoms with Gasteiger partial charge in [-0.15, -0.1) is 0 Å². The van der Waals surface area contributed by atoms with Gasteiger partial charge in [0, 0.05) is 31.2 Å². The molecule has 2 aliphatic rings. The van der Waals surface area contributed by atoms with Crippen LogP contribution in [0.25, 0.3) is 0 Å². The Morgan fingerprint density at radius 2 is 2.06 bits per heavy atom. The molecule has 18 heavy (non-hydrogen) atoms. The summed E-state index contributed by atoms with van der Waals surface area (Å²) in [7, 11) is 2.31. The smallest absolute Gasteiger partial charge is 0.0223 e. The SMILES string of the molecule is CCC(CNC1CC1)N(C)CC1CCCN1CC. The monoisotopic (exact) mass is 253 g/mol. The van der Waals surface area contributed by atoms with Gasteiger partial charge in [0.05, 0.1) is 0 Å². The number of nitrogens with one attached hydrogen (secondary N) is 1. The molecule has 0 spiro atoms. The molecule has 2 fully saturated rings. The maximum absolute atomic E-state index is 3.68. The minimum Gasteiger partial charge on any atom is -0.312 e. The largest absolute Gasteiger partial charge is 0.312 e. The Labute approximate surface area is 113 Å². The lowest BCUT2D eigenvalue weighted by atomic mass is 10.1. The van der Waals surface area contributed by atoms with Crippen LogP contribution in [0.1, 0.15) is 46.0 Å². The van der Waals surface area contributed by atoms with Crippen molar-refractivity contribution in [3.63, 3.8) is 0 Å². The average Bonchev–Trinajstić information content (AvgIpc) is 3.09. The third-order valence-corrected chi connectivity index (χ3v) is 4.72. The summed E-state index contributed by atoms with van der Waals surface area (Å²) < 4.78 is 0. The van der Waals surface area contributed by atoms with Gasteiger partial charge in [-0.25, -0.2) is 0 Å². The van der Waals surface area contributed by atoms with Crippen molar-refractivity contribution in [3.05, 3.63) is 0 Å². The van der Waals surface area contributed by atoms with E-state index in [1.165, 1.54) is 58.3 Å². The van der Waals surface area contributed by atoms with Crippen molar-refractivity contribution in [2.45, 2.75) is 64.1 Å². The number of likely N-dealkylation sites (N-methyl/N-ethyl adjacent to an activating group) is 2. The van der Waals surface area contributed by atoms with Gasteiger partial charge in [0.15, 0.2) is 0 Å². The molecule has 0 bridgehead atoms. The number of rotatable bonds is 8. The summed E-state index contributed by atoms with van der Waals surface area (Å²) >= 11 is 0. The quantitative estimate of drug-likeness (QED) is 0.713. The Balaban J connectivity index is 1.74. The van der Waals surface area contributed by atoms with E-state index in [1.54, 1.807) is 0 Å². The van der Waals surface area contributed by atoms with E-state index in [9.17, 15) is 0 Å². The molecule has 2 rings (SSSR count). The highest BCUT2D eigenvalue weighted by Crippen LogP contribution is 2.20. The second-order valence-corrected chi connectivity index (χ2v) is 6.11. The first kappa shape index (κ1) is 14.3. The van der Waals surface area contributed by atoms with E-state index < -0.39 is 0 Å². The van der Waals surface area contributed by atoms with Crippen molar-refractivity contribution in [1.82, 2.24) is 15.1 Å². The molecular weight excluding hydrogens is 222 g/mol. The number of likely N-dealkylation sites (tertiary alicyclic amines) is 1. The summed E-state index contributed by atoms with van der Waals surface area (Å²) in [6.07, 6.45) is 6.84. The van der Waals surface area contributed by atoms with E-state index >= 15 is 0 Å². The van der Waals surface area contributed by atoms with Crippen LogP contribution in [-0.4, -0.2) is 61.2 Å². The molecule has 1 aliphatic carbocycles. The van der Waals surface area contributed by atoms with E-state index in [0.717, 1.165) is 12.1 Å². The zero-order valence-electron chi connectivity index (χ0n) is 12.5. The van der Waals surface area contributed by atoms with E-state index in [0.29, 0.717) is 6.04 Å². The van der Waals surface area contributed by atoms with E-state index in [2.05, 4.69) is 36.0 Å². The Bertz CT molecular complexity index is 240. The molecule has 0 aromatic rings. The fourth-order valence-electron chi connectivity index (χ4n) is 3.20. The first-order chi connectivity index (χ1) is 8.74. The fraction of sp³-hybridized carbons (Fsp3) is 1.00. The molecule has 1 saturated carbocycles. The van der Waals surface area contributed by atoms with Crippen molar-refractivity contribution in [2.24, 2.45) is 0 Å². The standard InChI is InChI=1S/C15H31N3/c1-4-14(11-16-13-8-9-13)17(3)12-15-7-6-10-18(15)5-2/h13-16H,4-12H2,1-3H3. The minimum atomic E-state index is 0.713. The highest BCUT2D eigenvalue weighted by molar-refractivity contribution is 4.86. The molecule has 1 saturated heterocycles. The van der Waals surface area contributed by atoms with Crippen LogP contribution in [0, 0.1) is 0 Å². The van der Waals surface area contributed by atoms with Gasteiger partial charge in [-0.2, -0.15) is 0 Å². The average molecular weight is 253 g/mol.